The maximum atomic E-state index is 12.8. The van der Waals surface area contributed by atoms with Crippen molar-refractivity contribution in [2.45, 2.75) is 32.6 Å². The number of rotatable bonds is 2. The van der Waals surface area contributed by atoms with Crippen LogP contribution in [0, 0.1) is 16.7 Å². The van der Waals surface area contributed by atoms with Crippen molar-refractivity contribution in [3.8, 4) is 11.8 Å². The van der Waals surface area contributed by atoms with E-state index in [-0.39, 0.29) is 16.3 Å². The minimum absolute atomic E-state index is 0.0253. The van der Waals surface area contributed by atoms with Gasteiger partial charge < -0.3 is 22.1 Å². The van der Waals surface area contributed by atoms with Gasteiger partial charge in [0.05, 0.1) is 24.7 Å². The summed E-state index contributed by atoms with van der Waals surface area (Å²) in [5.41, 5.74) is 1.57. The Morgan fingerprint density at radius 1 is 1.29 bits per heavy atom. The Morgan fingerprint density at radius 2 is 1.96 bits per heavy atom. The summed E-state index contributed by atoms with van der Waals surface area (Å²) >= 11 is 5.28. The number of methoxy groups -OCH3 is 1. The van der Waals surface area contributed by atoms with Gasteiger partial charge in [-0.15, -0.1) is 0 Å². The van der Waals surface area contributed by atoms with Gasteiger partial charge in [-0.25, -0.2) is 0 Å². The average molecular weight is 340 g/mol. The minimum Gasteiger partial charge on any atom is -0.741 e. The van der Waals surface area contributed by atoms with Crippen molar-refractivity contribution in [2.75, 3.05) is 7.11 Å². The number of hydrogen-bond acceptors (Lipinski definition) is 5. The standard InChI is InChI=1S/C19H19NO3S/c1-19(2)8-14(21)17-15(9-19)23-18(24)13(10-20)16(17)11-4-6-12(22-3)7-5-11/h4-7,16,24H,8-9H2,1-3H3/p-1. The third kappa shape index (κ3) is 2.78. The first-order chi connectivity index (χ1) is 11.4. The van der Waals surface area contributed by atoms with E-state index in [1.165, 1.54) is 0 Å². The van der Waals surface area contributed by atoms with Gasteiger partial charge in [-0.1, -0.05) is 26.0 Å². The topological polar surface area (TPSA) is 59.3 Å². The molecule has 0 fully saturated rings. The summed E-state index contributed by atoms with van der Waals surface area (Å²) in [6, 6.07) is 9.51. The van der Waals surface area contributed by atoms with Crippen LogP contribution in [0.1, 0.15) is 38.2 Å². The van der Waals surface area contributed by atoms with E-state index < -0.39 is 5.92 Å². The molecule has 0 radical (unpaired) electrons. The molecular weight excluding hydrogens is 322 g/mol. The number of benzene rings is 1. The van der Waals surface area contributed by atoms with Crippen molar-refractivity contribution in [1.82, 2.24) is 0 Å². The minimum atomic E-state index is -0.458. The smallest absolute Gasteiger partial charge is 0.163 e. The Bertz CT molecular complexity index is 797. The van der Waals surface area contributed by atoms with Crippen molar-refractivity contribution in [2.24, 2.45) is 5.41 Å². The molecule has 4 nitrogen and oxygen atoms in total. The van der Waals surface area contributed by atoms with E-state index in [2.05, 4.69) is 6.07 Å². The van der Waals surface area contributed by atoms with E-state index in [1.807, 2.05) is 38.1 Å². The lowest BCUT2D eigenvalue weighted by molar-refractivity contribution is -0.119. The van der Waals surface area contributed by atoms with Gasteiger partial charge in [-0.3, -0.25) is 4.79 Å². The predicted octanol–water partition coefficient (Wildman–Crippen LogP) is 3.73. The Morgan fingerprint density at radius 3 is 2.54 bits per heavy atom. The van der Waals surface area contributed by atoms with Crippen molar-refractivity contribution in [1.29, 1.82) is 5.26 Å². The fourth-order valence-corrected chi connectivity index (χ4v) is 3.62. The summed E-state index contributed by atoms with van der Waals surface area (Å²) in [4.78, 5) is 12.8. The van der Waals surface area contributed by atoms with Gasteiger partial charge in [0.15, 0.2) is 5.78 Å². The van der Waals surface area contributed by atoms with Gasteiger partial charge in [-0.05, 0) is 28.2 Å². The Balaban J connectivity index is 2.14. The number of nitriles is 1. The molecule has 124 valence electrons. The molecule has 1 aromatic rings. The fraction of sp³-hybridized carbons (Fsp3) is 0.368. The molecule has 2 aliphatic rings. The molecule has 1 unspecified atom stereocenters. The van der Waals surface area contributed by atoms with Crippen LogP contribution in [0.4, 0.5) is 0 Å². The lowest BCUT2D eigenvalue weighted by atomic mass is 9.70. The van der Waals surface area contributed by atoms with Crippen LogP contribution < -0.4 is 4.74 Å². The highest BCUT2D eigenvalue weighted by Gasteiger charge is 2.41. The number of carbonyl (C=O) groups is 1. The quantitative estimate of drug-likeness (QED) is 0.768. The third-order valence-electron chi connectivity index (χ3n) is 4.46. The molecule has 1 heterocycles. The normalized spacial score (nSPS) is 22.6. The van der Waals surface area contributed by atoms with Crippen LogP contribution in [0.3, 0.4) is 0 Å². The van der Waals surface area contributed by atoms with E-state index in [0.717, 1.165) is 11.3 Å². The van der Waals surface area contributed by atoms with Crippen LogP contribution in [0.2, 0.25) is 0 Å². The number of carbonyl (C=O) groups excluding carboxylic acids is 1. The number of Topliss-reactive ketones (excluding diaryl/α,β-unsaturated/α-hetero) is 1. The molecule has 24 heavy (non-hydrogen) atoms. The summed E-state index contributed by atoms with van der Waals surface area (Å²) < 4.78 is 10.9. The Labute approximate surface area is 147 Å². The number of ether oxygens (including phenoxy) is 2. The lowest BCUT2D eigenvalue weighted by Gasteiger charge is -2.39. The molecule has 1 atom stereocenters. The lowest BCUT2D eigenvalue weighted by Crippen LogP contribution is -2.32. The van der Waals surface area contributed by atoms with E-state index in [1.54, 1.807) is 7.11 Å². The first-order valence-electron chi connectivity index (χ1n) is 7.75. The van der Waals surface area contributed by atoms with Crippen LogP contribution in [0.15, 0.2) is 46.3 Å². The molecule has 5 heteroatoms. The molecule has 0 spiro atoms. The van der Waals surface area contributed by atoms with Crippen molar-refractivity contribution in [3.63, 3.8) is 0 Å². The summed E-state index contributed by atoms with van der Waals surface area (Å²) in [6.07, 6.45) is 1.08. The largest absolute Gasteiger partial charge is 0.741 e. The van der Waals surface area contributed by atoms with Crippen molar-refractivity contribution < 1.29 is 14.3 Å². The van der Waals surface area contributed by atoms with E-state index in [9.17, 15) is 10.1 Å². The van der Waals surface area contributed by atoms with Gasteiger partial charge in [-0.2, -0.15) is 5.26 Å². The maximum absolute atomic E-state index is 12.8. The molecule has 0 saturated heterocycles. The molecular formula is C19H18NO3S-. The zero-order chi connectivity index (χ0) is 17.5. The second kappa shape index (κ2) is 5.95. The molecule has 0 amide bonds. The first kappa shape index (κ1) is 16.5. The zero-order valence-electron chi connectivity index (χ0n) is 13.9. The summed E-state index contributed by atoms with van der Waals surface area (Å²) in [5, 5.41) is 9.73. The predicted molar refractivity (Wildman–Crippen MR) is 91.9 cm³/mol. The van der Waals surface area contributed by atoms with E-state index in [0.29, 0.717) is 29.7 Å². The second-order valence-electron chi connectivity index (χ2n) is 6.90. The van der Waals surface area contributed by atoms with Gasteiger partial charge >= 0.3 is 0 Å². The van der Waals surface area contributed by atoms with Crippen LogP contribution in [0.25, 0.3) is 0 Å². The highest BCUT2D eigenvalue weighted by molar-refractivity contribution is 7.63. The molecule has 0 saturated carbocycles. The Hall–Kier alpha value is -2.32. The van der Waals surface area contributed by atoms with Crippen LogP contribution in [0.5, 0.6) is 5.75 Å². The molecule has 1 aliphatic carbocycles. The SMILES string of the molecule is COc1ccc(C2C(C#N)=C([S-])OC3=C2C(=O)CC(C)(C)C3)cc1. The van der Waals surface area contributed by atoms with Gasteiger partial charge in [0, 0.05) is 18.4 Å². The second-order valence-corrected chi connectivity index (χ2v) is 7.27. The summed E-state index contributed by atoms with van der Waals surface area (Å²) in [5.74, 6) is 0.899. The van der Waals surface area contributed by atoms with E-state index in [4.69, 9.17) is 22.1 Å². The molecule has 0 N–H and O–H groups in total. The highest BCUT2D eigenvalue weighted by atomic mass is 32.1. The monoisotopic (exact) mass is 340 g/mol. The van der Waals surface area contributed by atoms with Gasteiger partial charge in [0.2, 0.25) is 0 Å². The number of nitrogens with zero attached hydrogens (tertiary/aromatic N) is 1. The Kier molecular flexibility index (Phi) is 4.10. The molecule has 3 rings (SSSR count). The third-order valence-corrected chi connectivity index (χ3v) is 4.77. The maximum Gasteiger partial charge on any atom is 0.163 e. The average Bonchev–Trinajstić information content (AvgIpc) is 2.52. The fourth-order valence-electron chi connectivity index (χ4n) is 3.36. The number of allylic oxidation sites excluding steroid dienone is 3. The summed E-state index contributed by atoms with van der Waals surface area (Å²) in [7, 11) is 1.60. The number of ketones is 1. The molecule has 0 bridgehead atoms. The molecule has 1 aromatic carbocycles. The molecule has 0 aromatic heterocycles. The van der Waals surface area contributed by atoms with Gasteiger partial charge in [0.25, 0.3) is 0 Å². The molecule has 1 aliphatic heterocycles. The summed E-state index contributed by atoms with van der Waals surface area (Å²) in [6.45, 7) is 4.07. The number of hydrogen-bond donors (Lipinski definition) is 0. The zero-order valence-corrected chi connectivity index (χ0v) is 14.7. The van der Waals surface area contributed by atoms with Crippen LogP contribution >= 0.6 is 0 Å². The van der Waals surface area contributed by atoms with E-state index >= 15 is 0 Å². The van der Waals surface area contributed by atoms with Gasteiger partial charge in [0.1, 0.15) is 11.5 Å². The van der Waals surface area contributed by atoms with Crippen molar-refractivity contribution in [3.05, 3.63) is 51.8 Å². The highest BCUT2D eigenvalue weighted by Crippen LogP contribution is 2.48. The van der Waals surface area contributed by atoms with Crippen LogP contribution in [-0.2, 0) is 22.2 Å². The first-order valence-corrected chi connectivity index (χ1v) is 8.16. The van der Waals surface area contributed by atoms with Crippen LogP contribution in [-0.4, -0.2) is 12.9 Å². The van der Waals surface area contributed by atoms with Crippen molar-refractivity contribution >= 4 is 18.4 Å².